The standard InChI is InChI=1S/C19H23N.C12H14.C6H10.C2H5N/c1-15(20(5)18-9-7-6-8-10-18)16-11-13-17(14-12-16)19(2,3)4;1-4-11(5-2)12-8-6-10(3)7-9-12;1-4-6(3)5-2;1-3-2/h6-14H,1H2,2-5H3;4-9H,1H2,2-3H3;4-5H,1H2,2-3H3;1H2,2H3/b;11-5+;6-5+;. The molecular formula is C39H52N2. The summed E-state index contributed by atoms with van der Waals surface area (Å²) in [5.41, 5.74) is 9.79. The van der Waals surface area contributed by atoms with Gasteiger partial charge in [0.1, 0.15) is 0 Å². The van der Waals surface area contributed by atoms with Crippen LogP contribution < -0.4 is 4.90 Å². The molecule has 218 valence electrons. The molecule has 0 radical (unpaired) electrons. The quantitative estimate of drug-likeness (QED) is 0.221. The number of rotatable bonds is 6. The van der Waals surface area contributed by atoms with Gasteiger partial charge in [-0.25, -0.2) is 0 Å². The van der Waals surface area contributed by atoms with E-state index in [0.717, 1.165) is 16.9 Å². The molecule has 3 rings (SSSR count). The molecular weight excluding hydrogens is 496 g/mol. The van der Waals surface area contributed by atoms with Gasteiger partial charge in [-0.3, -0.25) is 0 Å². The lowest BCUT2D eigenvalue weighted by Crippen LogP contribution is -2.15. The molecule has 0 amide bonds. The van der Waals surface area contributed by atoms with Crippen LogP contribution in [0.1, 0.15) is 63.8 Å². The van der Waals surface area contributed by atoms with Crippen LogP contribution in [0.5, 0.6) is 0 Å². The topological polar surface area (TPSA) is 15.6 Å². The van der Waals surface area contributed by atoms with Gasteiger partial charge in [-0.15, -0.1) is 0 Å². The van der Waals surface area contributed by atoms with Crippen molar-refractivity contribution in [3.05, 3.63) is 151 Å². The summed E-state index contributed by atoms with van der Waals surface area (Å²) in [6.45, 7) is 29.5. The zero-order valence-electron chi connectivity index (χ0n) is 27.0. The fourth-order valence-electron chi connectivity index (χ4n) is 3.43. The van der Waals surface area contributed by atoms with E-state index in [0.29, 0.717) is 0 Å². The van der Waals surface area contributed by atoms with E-state index >= 15 is 0 Å². The van der Waals surface area contributed by atoms with E-state index in [9.17, 15) is 0 Å². The van der Waals surface area contributed by atoms with Gasteiger partial charge >= 0.3 is 0 Å². The summed E-state index contributed by atoms with van der Waals surface area (Å²) >= 11 is 0. The van der Waals surface area contributed by atoms with E-state index in [4.69, 9.17) is 0 Å². The molecule has 3 aromatic rings. The Balaban J connectivity index is 0.000000644. The van der Waals surface area contributed by atoms with Crippen molar-refractivity contribution in [2.45, 2.75) is 53.9 Å². The number of hydrogen-bond acceptors (Lipinski definition) is 2. The predicted octanol–water partition coefficient (Wildman–Crippen LogP) is 11.1. The lowest BCUT2D eigenvalue weighted by molar-refractivity contribution is 0.590. The van der Waals surface area contributed by atoms with Crippen molar-refractivity contribution in [1.82, 2.24) is 0 Å². The minimum absolute atomic E-state index is 0.186. The summed E-state index contributed by atoms with van der Waals surface area (Å²) in [6, 6.07) is 27.5. The van der Waals surface area contributed by atoms with Crippen molar-refractivity contribution in [2.75, 3.05) is 19.0 Å². The van der Waals surface area contributed by atoms with Crippen LogP contribution in [0, 0.1) is 6.92 Å². The monoisotopic (exact) mass is 548 g/mol. The first kappa shape index (κ1) is 36.8. The lowest BCUT2D eigenvalue weighted by atomic mass is 9.86. The van der Waals surface area contributed by atoms with Gasteiger partial charge in [0.25, 0.3) is 0 Å². The van der Waals surface area contributed by atoms with Crippen LogP contribution in [0.3, 0.4) is 0 Å². The molecule has 0 saturated carbocycles. The smallest absolute Gasteiger partial charge is 0.0408 e. The minimum atomic E-state index is 0.186. The minimum Gasteiger partial charge on any atom is -0.345 e. The molecule has 0 N–H and O–H groups in total. The Hall–Kier alpha value is -4.17. The number of nitrogens with zero attached hydrogens (tertiary/aromatic N) is 2. The number of allylic oxidation sites excluding steroid dienone is 6. The van der Waals surface area contributed by atoms with Gasteiger partial charge in [0, 0.05) is 25.5 Å². The summed E-state index contributed by atoms with van der Waals surface area (Å²) in [5.74, 6) is 0. The Labute approximate surface area is 251 Å². The van der Waals surface area contributed by atoms with Crippen LogP contribution in [0.4, 0.5) is 5.69 Å². The molecule has 0 saturated heterocycles. The fourth-order valence-corrected chi connectivity index (χ4v) is 3.43. The fraction of sp³-hybridized carbons (Fsp3) is 0.256. The highest BCUT2D eigenvalue weighted by Gasteiger charge is 2.14. The van der Waals surface area contributed by atoms with E-state index in [1.807, 2.05) is 57.2 Å². The second-order valence-electron chi connectivity index (χ2n) is 10.5. The first-order valence-electron chi connectivity index (χ1n) is 13.9. The predicted molar refractivity (Wildman–Crippen MR) is 189 cm³/mol. The highest BCUT2D eigenvalue weighted by Crippen LogP contribution is 2.26. The van der Waals surface area contributed by atoms with Crippen LogP contribution in [0.15, 0.2) is 133 Å². The van der Waals surface area contributed by atoms with E-state index in [1.165, 1.54) is 27.8 Å². The number of aryl methyl sites for hydroxylation is 1. The van der Waals surface area contributed by atoms with Crippen molar-refractivity contribution < 1.29 is 0 Å². The Bertz CT molecular complexity index is 1250. The van der Waals surface area contributed by atoms with Crippen LogP contribution in [0.25, 0.3) is 11.3 Å². The third kappa shape index (κ3) is 14.2. The molecule has 0 aliphatic carbocycles. The van der Waals surface area contributed by atoms with E-state index in [-0.39, 0.29) is 5.41 Å². The number of benzene rings is 3. The summed E-state index contributed by atoms with van der Waals surface area (Å²) in [6.07, 6.45) is 7.80. The number of aliphatic imine (C=N–C) groups is 1. The van der Waals surface area contributed by atoms with Crippen molar-refractivity contribution in [3.8, 4) is 0 Å². The van der Waals surface area contributed by atoms with Crippen molar-refractivity contribution in [1.29, 1.82) is 0 Å². The molecule has 2 heteroatoms. The van der Waals surface area contributed by atoms with Crippen LogP contribution in [-0.4, -0.2) is 20.8 Å². The van der Waals surface area contributed by atoms with Crippen molar-refractivity contribution in [2.24, 2.45) is 4.99 Å². The molecule has 0 aliphatic heterocycles. The maximum absolute atomic E-state index is 4.22. The Morgan fingerprint density at radius 3 is 1.63 bits per heavy atom. The Morgan fingerprint density at radius 1 is 0.780 bits per heavy atom. The molecule has 0 aliphatic rings. The zero-order chi connectivity index (χ0) is 31.4. The molecule has 0 atom stereocenters. The molecule has 0 spiro atoms. The summed E-state index contributed by atoms with van der Waals surface area (Å²) < 4.78 is 0. The van der Waals surface area contributed by atoms with E-state index in [2.05, 4.69) is 138 Å². The average molecular weight is 549 g/mol. The second-order valence-corrected chi connectivity index (χ2v) is 10.5. The molecule has 3 aromatic carbocycles. The van der Waals surface area contributed by atoms with Crippen molar-refractivity contribution >= 4 is 23.7 Å². The zero-order valence-corrected chi connectivity index (χ0v) is 27.0. The summed E-state index contributed by atoms with van der Waals surface area (Å²) in [7, 11) is 3.69. The van der Waals surface area contributed by atoms with Gasteiger partial charge in [-0.1, -0.05) is 143 Å². The SMILES string of the molecule is C=C(c1ccc(C(C)(C)C)cc1)N(C)c1ccccc1.C=C/C(=C\C)c1ccc(C)cc1.C=C/C(C)=C/C.C=NC. The number of anilines is 1. The van der Waals surface area contributed by atoms with Crippen LogP contribution in [0.2, 0.25) is 0 Å². The second kappa shape index (κ2) is 19.8. The largest absolute Gasteiger partial charge is 0.345 e. The summed E-state index contributed by atoms with van der Waals surface area (Å²) in [5, 5.41) is 0. The average Bonchev–Trinajstić information content (AvgIpc) is 2.98. The van der Waals surface area contributed by atoms with Crippen molar-refractivity contribution in [3.63, 3.8) is 0 Å². The molecule has 0 unspecified atom stereocenters. The van der Waals surface area contributed by atoms with Crippen LogP contribution in [-0.2, 0) is 5.41 Å². The van der Waals surface area contributed by atoms with Gasteiger partial charge < -0.3 is 9.89 Å². The highest BCUT2D eigenvalue weighted by atomic mass is 15.1. The molecule has 0 aromatic heterocycles. The molecule has 0 bridgehead atoms. The van der Waals surface area contributed by atoms with Gasteiger partial charge in [-0.05, 0) is 74.2 Å². The molecule has 0 heterocycles. The van der Waals surface area contributed by atoms with E-state index in [1.54, 1.807) is 7.05 Å². The first-order chi connectivity index (χ1) is 19.4. The number of hydrogen-bond donors (Lipinski definition) is 0. The maximum atomic E-state index is 4.22. The molecule has 0 fully saturated rings. The van der Waals surface area contributed by atoms with Gasteiger partial charge in [-0.2, -0.15) is 0 Å². The lowest BCUT2D eigenvalue weighted by Gasteiger charge is -2.23. The van der Waals surface area contributed by atoms with Gasteiger partial charge in [0.15, 0.2) is 0 Å². The van der Waals surface area contributed by atoms with E-state index < -0.39 is 0 Å². The van der Waals surface area contributed by atoms with Gasteiger partial charge in [0.2, 0.25) is 0 Å². The molecule has 2 nitrogen and oxygen atoms in total. The highest BCUT2D eigenvalue weighted by molar-refractivity contribution is 5.77. The first-order valence-corrected chi connectivity index (χ1v) is 13.9. The van der Waals surface area contributed by atoms with Crippen LogP contribution >= 0.6 is 0 Å². The Morgan fingerprint density at radius 2 is 1.27 bits per heavy atom. The third-order valence-electron chi connectivity index (χ3n) is 6.33. The Kier molecular flexibility index (Phi) is 17.8. The summed E-state index contributed by atoms with van der Waals surface area (Å²) in [4.78, 5) is 5.37. The number of para-hydroxylation sites is 1. The maximum Gasteiger partial charge on any atom is 0.0408 e. The molecule has 41 heavy (non-hydrogen) atoms. The third-order valence-corrected chi connectivity index (χ3v) is 6.33. The normalized spacial score (nSPS) is 10.8. The van der Waals surface area contributed by atoms with Gasteiger partial charge in [0.05, 0.1) is 0 Å².